The molecule has 1 saturated heterocycles. The second-order valence-electron chi connectivity index (χ2n) is 14.1. The van der Waals surface area contributed by atoms with E-state index in [-0.39, 0.29) is 17.8 Å². The summed E-state index contributed by atoms with van der Waals surface area (Å²) in [4.78, 5) is 28.7. The zero-order valence-electron chi connectivity index (χ0n) is 26.9. The van der Waals surface area contributed by atoms with Crippen LogP contribution in [0.25, 0.3) is 0 Å². The standard InChI is InChI=1S/C38H53NO5/c1-2-3-4-5-6-7-8-9-10-11-12-13-14-15-16-17-33(41)43-31-21-20-29-26-32-38(42)23-22-30(40)36-37(38,34(29)35(31)44-36)24-25-39(32)27-28-18-19-28/h6-7,9-10,20-21,28,32,36,42H,2-5,8,11-19,22-27H2,1H3/b7-6-,10-9-/t32?,36-,37+,38-/m1/s1. The van der Waals surface area contributed by atoms with Crippen LogP contribution in [0.5, 0.6) is 11.5 Å². The molecule has 0 aromatic heterocycles. The lowest BCUT2D eigenvalue weighted by Gasteiger charge is -2.62. The molecule has 240 valence electrons. The molecule has 6 heteroatoms. The molecule has 1 spiro atoms. The minimum atomic E-state index is -1.000. The summed E-state index contributed by atoms with van der Waals surface area (Å²) < 4.78 is 12.3. The van der Waals surface area contributed by atoms with Crippen molar-refractivity contribution in [2.75, 3.05) is 13.1 Å². The Bertz CT molecular complexity index is 1250. The quantitative estimate of drug-likeness (QED) is 0.0858. The summed E-state index contributed by atoms with van der Waals surface area (Å²) in [6.45, 7) is 4.14. The Kier molecular flexibility index (Phi) is 9.97. The molecule has 6 rings (SSSR count). The fourth-order valence-corrected chi connectivity index (χ4v) is 8.59. The monoisotopic (exact) mass is 603 g/mol. The predicted molar refractivity (Wildman–Crippen MR) is 173 cm³/mol. The number of rotatable bonds is 17. The maximum Gasteiger partial charge on any atom is 0.311 e. The van der Waals surface area contributed by atoms with E-state index in [0.29, 0.717) is 37.2 Å². The van der Waals surface area contributed by atoms with Crippen molar-refractivity contribution in [1.29, 1.82) is 0 Å². The number of carbonyl (C=O) groups is 2. The van der Waals surface area contributed by atoms with Gasteiger partial charge in [0, 0.05) is 31.0 Å². The summed E-state index contributed by atoms with van der Waals surface area (Å²) in [5, 5.41) is 12.4. The van der Waals surface area contributed by atoms with Gasteiger partial charge in [0.2, 0.25) is 0 Å². The molecule has 3 aliphatic carbocycles. The van der Waals surface area contributed by atoms with Gasteiger partial charge < -0.3 is 14.6 Å². The number of ether oxygens (including phenoxy) is 2. The van der Waals surface area contributed by atoms with Gasteiger partial charge in [-0.3, -0.25) is 14.5 Å². The van der Waals surface area contributed by atoms with Crippen LogP contribution in [0.1, 0.15) is 127 Å². The van der Waals surface area contributed by atoms with Crippen molar-refractivity contribution in [2.45, 2.75) is 146 Å². The van der Waals surface area contributed by atoms with E-state index in [1.165, 1.54) is 51.4 Å². The molecule has 0 radical (unpaired) electrons. The van der Waals surface area contributed by atoms with Crippen molar-refractivity contribution in [3.8, 4) is 11.5 Å². The van der Waals surface area contributed by atoms with Crippen molar-refractivity contribution in [1.82, 2.24) is 4.90 Å². The minimum absolute atomic E-state index is 0.00109. The van der Waals surface area contributed by atoms with E-state index >= 15 is 0 Å². The van der Waals surface area contributed by atoms with Crippen LogP contribution in [-0.4, -0.2) is 52.6 Å². The topological polar surface area (TPSA) is 76.1 Å². The number of allylic oxidation sites excluding steroid dienone is 4. The van der Waals surface area contributed by atoms with Gasteiger partial charge in [-0.1, -0.05) is 69.4 Å². The van der Waals surface area contributed by atoms with E-state index in [0.717, 1.165) is 68.7 Å². The normalized spacial score (nSPS) is 28.9. The number of Topliss-reactive ketones (excluding diaryl/α,β-unsaturated/α-hetero) is 1. The first-order chi connectivity index (χ1) is 21.5. The third-order valence-corrected chi connectivity index (χ3v) is 11.1. The van der Waals surface area contributed by atoms with Crippen molar-refractivity contribution in [3.63, 3.8) is 0 Å². The second kappa shape index (κ2) is 13.9. The molecule has 3 fully saturated rings. The summed E-state index contributed by atoms with van der Waals surface area (Å²) in [7, 11) is 0. The van der Waals surface area contributed by atoms with Crippen LogP contribution in [0.3, 0.4) is 0 Å². The third-order valence-electron chi connectivity index (χ3n) is 11.1. The van der Waals surface area contributed by atoms with E-state index in [2.05, 4.69) is 42.2 Å². The molecular formula is C38H53NO5. The highest BCUT2D eigenvalue weighted by Gasteiger charge is 2.73. The van der Waals surface area contributed by atoms with Gasteiger partial charge in [0.15, 0.2) is 23.4 Å². The van der Waals surface area contributed by atoms with Crippen LogP contribution in [0, 0.1) is 5.92 Å². The van der Waals surface area contributed by atoms with Gasteiger partial charge in [-0.05, 0) is 94.7 Å². The Morgan fingerprint density at radius 2 is 1.77 bits per heavy atom. The molecule has 1 N–H and O–H groups in total. The number of nitrogens with zero attached hydrogens (tertiary/aromatic N) is 1. The minimum Gasteiger partial charge on any atom is -0.477 e. The number of ketones is 1. The van der Waals surface area contributed by atoms with Crippen molar-refractivity contribution in [2.24, 2.45) is 5.92 Å². The average Bonchev–Trinajstić information content (AvgIpc) is 3.76. The summed E-state index contributed by atoms with van der Waals surface area (Å²) in [6.07, 6.45) is 26.2. The van der Waals surface area contributed by atoms with Crippen LogP contribution >= 0.6 is 0 Å². The third kappa shape index (κ3) is 6.18. The summed E-state index contributed by atoms with van der Waals surface area (Å²) in [5.74, 6) is 1.50. The summed E-state index contributed by atoms with van der Waals surface area (Å²) >= 11 is 0. The smallest absolute Gasteiger partial charge is 0.311 e. The second-order valence-corrected chi connectivity index (χ2v) is 14.1. The fraction of sp³-hybridized carbons (Fsp3) is 0.684. The molecule has 4 atom stereocenters. The Balaban J connectivity index is 0.985. The van der Waals surface area contributed by atoms with Crippen LogP contribution in [0.15, 0.2) is 36.4 Å². The van der Waals surface area contributed by atoms with Gasteiger partial charge in [-0.25, -0.2) is 0 Å². The molecule has 0 amide bonds. The van der Waals surface area contributed by atoms with Crippen LogP contribution in [0.4, 0.5) is 0 Å². The van der Waals surface area contributed by atoms with Crippen LogP contribution < -0.4 is 9.47 Å². The Morgan fingerprint density at radius 1 is 1.02 bits per heavy atom. The number of esters is 1. The number of likely N-dealkylation sites (tertiary alicyclic amines) is 1. The number of hydrogen-bond acceptors (Lipinski definition) is 6. The van der Waals surface area contributed by atoms with E-state index < -0.39 is 17.1 Å². The van der Waals surface area contributed by atoms with E-state index in [1.54, 1.807) is 0 Å². The highest BCUT2D eigenvalue weighted by molar-refractivity contribution is 5.90. The number of aliphatic hydroxyl groups is 1. The van der Waals surface area contributed by atoms with E-state index in [9.17, 15) is 14.7 Å². The Morgan fingerprint density at radius 3 is 2.55 bits per heavy atom. The van der Waals surface area contributed by atoms with E-state index in [1.807, 2.05) is 6.07 Å². The molecule has 1 aromatic carbocycles. The number of unbranched alkanes of at least 4 members (excludes halogenated alkanes) is 8. The first kappa shape index (κ1) is 31.5. The van der Waals surface area contributed by atoms with Gasteiger partial charge in [0.25, 0.3) is 0 Å². The predicted octanol–water partition coefficient (Wildman–Crippen LogP) is 7.54. The number of piperidine rings is 1. The lowest BCUT2D eigenvalue weighted by molar-refractivity contribution is -0.188. The molecule has 44 heavy (non-hydrogen) atoms. The van der Waals surface area contributed by atoms with Gasteiger partial charge in [0.05, 0.1) is 11.0 Å². The first-order valence-electron chi connectivity index (χ1n) is 17.8. The Labute approximate surface area is 264 Å². The lowest BCUT2D eigenvalue weighted by Crippen LogP contribution is -2.76. The maximum absolute atomic E-state index is 13.3. The van der Waals surface area contributed by atoms with E-state index in [4.69, 9.17) is 9.47 Å². The zero-order chi connectivity index (χ0) is 30.6. The molecule has 2 heterocycles. The Hall–Kier alpha value is -2.44. The largest absolute Gasteiger partial charge is 0.477 e. The van der Waals surface area contributed by atoms with Gasteiger partial charge >= 0.3 is 5.97 Å². The molecular weight excluding hydrogens is 550 g/mol. The molecule has 5 aliphatic rings. The number of hydrogen-bond donors (Lipinski definition) is 1. The summed E-state index contributed by atoms with van der Waals surface area (Å²) in [6, 6.07) is 3.91. The number of benzene rings is 1. The maximum atomic E-state index is 13.3. The molecule has 1 unspecified atom stereocenters. The average molecular weight is 604 g/mol. The molecule has 2 aliphatic heterocycles. The highest BCUT2D eigenvalue weighted by Crippen LogP contribution is 2.65. The fourth-order valence-electron chi connectivity index (χ4n) is 8.59. The van der Waals surface area contributed by atoms with Gasteiger partial charge in [-0.2, -0.15) is 0 Å². The first-order valence-corrected chi connectivity index (χ1v) is 17.8. The molecule has 1 aromatic rings. The highest BCUT2D eigenvalue weighted by atomic mass is 16.6. The van der Waals surface area contributed by atoms with Gasteiger partial charge in [-0.15, -0.1) is 0 Å². The summed E-state index contributed by atoms with van der Waals surface area (Å²) in [5.41, 5.74) is 0.349. The molecule has 6 nitrogen and oxygen atoms in total. The SMILES string of the molecule is CCCCC/C=C\C/C=C\CCCCCCCC(=O)Oc1ccc2c3c1O[C@@H]1C(=O)CC[C@@]4(O)C(C2)N(CC2CC2)CC[C@]314. The van der Waals surface area contributed by atoms with Crippen molar-refractivity contribution < 1.29 is 24.2 Å². The zero-order valence-corrected chi connectivity index (χ0v) is 26.9. The van der Waals surface area contributed by atoms with Crippen molar-refractivity contribution >= 4 is 11.8 Å². The van der Waals surface area contributed by atoms with Crippen molar-refractivity contribution in [3.05, 3.63) is 47.6 Å². The van der Waals surface area contributed by atoms with Crippen LogP contribution in [0.2, 0.25) is 0 Å². The number of carbonyl (C=O) groups excluding carboxylic acids is 2. The lowest BCUT2D eigenvalue weighted by atomic mass is 9.49. The molecule has 2 saturated carbocycles. The van der Waals surface area contributed by atoms with Gasteiger partial charge in [0.1, 0.15) is 0 Å². The molecule has 2 bridgehead atoms. The van der Waals surface area contributed by atoms with Crippen LogP contribution in [-0.2, 0) is 21.4 Å².